The fourth-order valence-electron chi connectivity index (χ4n) is 2.48. The smallest absolute Gasteiger partial charge is 0.282 e. The van der Waals surface area contributed by atoms with E-state index in [0.717, 1.165) is 0 Å². The van der Waals surface area contributed by atoms with Crippen LogP contribution in [0.25, 0.3) is 0 Å². The standard InChI is InChI=1S/C16H18N3/c1-14-18(15-8-4-3-5-9-15)12-13-19(14)16-10-6-7-11-17(16)2/h3-14H,1-2H3/q+1. The first-order valence-electron chi connectivity index (χ1n) is 6.52. The Morgan fingerprint density at radius 1 is 0.895 bits per heavy atom. The van der Waals surface area contributed by atoms with E-state index < -0.39 is 0 Å². The molecule has 3 heteroatoms. The van der Waals surface area contributed by atoms with Crippen LogP contribution in [0.2, 0.25) is 0 Å². The van der Waals surface area contributed by atoms with Crippen LogP contribution in [0.3, 0.4) is 0 Å². The van der Waals surface area contributed by atoms with Gasteiger partial charge in [-0.2, -0.15) is 0 Å². The number of hydrogen-bond acceptors (Lipinski definition) is 2. The van der Waals surface area contributed by atoms with Crippen molar-refractivity contribution in [2.75, 3.05) is 9.80 Å². The van der Waals surface area contributed by atoms with E-state index in [-0.39, 0.29) is 6.17 Å². The van der Waals surface area contributed by atoms with Crippen molar-refractivity contribution in [2.45, 2.75) is 13.1 Å². The number of pyridine rings is 1. The van der Waals surface area contributed by atoms with Gasteiger partial charge in [-0.25, -0.2) is 9.47 Å². The van der Waals surface area contributed by atoms with E-state index in [4.69, 9.17) is 0 Å². The lowest BCUT2D eigenvalue weighted by molar-refractivity contribution is -0.658. The number of aromatic nitrogens is 1. The Kier molecular flexibility index (Phi) is 2.95. The molecule has 1 aliphatic rings. The predicted octanol–water partition coefficient (Wildman–Crippen LogP) is 2.65. The lowest BCUT2D eigenvalue weighted by Crippen LogP contribution is -2.43. The zero-order valence-electron chi connectivity index (χ0n) is 11.3. The molecule has 3 nitrogen and oxygen atoms in total. The summed E-state index contributed by atoms with van der Waals surface area (Å²) >= 11 is 0. The van der Waals surface area contributed by atoms with Gasteiger partial charge in [-0.1, -0.05) is 24.3 Å². The van der Waals surface area contributed by atoms with Gasteiger partial charge in [0, 0.05) is 18.0 Å². The van der Waals surface area contributed by atoms with Crippen molar-refractivity contribution in [3.63, 3.8) is 0 Å². The van der Waals surface area contributed by atoms with E-state index in [1.54, 1.807) is 0 Å². The summed E-state index contributed by atoms with van der Waals surface area (Å²) in [5.74, 6) is 1.18. The Hall–Kier alpha value is -2.29. The van der Waals surface area contributed by atoms with Gasteiger partial charge in [0.05, 0.1) is 13.2 Å². The minimum Gasteiger partial charge on any atom is -0.305 e. The van der Waals surface area contributed by atoms with Gasteiger partial charge in [-0.3, -0.25) is 0 Å². The zero-order chi connectivity index (χ0) is 13.2. The number of anilines is 2. The Morgan fingerprint density at radius 2 is 1.58 bits per heavy atom. The second-order valence-electron chi connectivity index (χ2n) is 4.75. The van der Waals surface area contributed by atoms with Gasteiger partial charge in [0.2, 0.25) is 0 Å². The summed E-state index contributed by atoms with van der Waals surface area (Å²) in [5.41, 5.74) is 1.22. The van der Waals surface area contributed by atoms with Gasteiger partial charge in [0.25, 0.3) is 5.82 Å². The molecule has 0 saturated carbocycles. The maximum absolute atomic E-state index is 2.27. The first-order chi connectivity index (χ1) is 9.27. The van der Waals surface area contributed by atoms with Crippen LogP contribution in [0, 0.1) is 0 Å². The summed E-state index contributed by atoms with van der Waals surface area (Å²) < 4.78 is 2.13. The summed E-state index contributed by atoms with van der Waals surface area (Å²) in [4.78, 5) is 4.54. The van der Waals surface area contributed by atoms with Gasteiger partial charge in [-0.05, 0) is 25.1 Å². The number of aryl methyl sites for hydroxylation is 1. The van der Waals surface area contributed by atoms with Gasteiger partial charge in [0.1, 0.15) is 6.20 Å². The minimum absolute atomic E-state index is 0.274. The monoisotopic (exact) mass is 252 g/mol. The molecule has 1 atom stereocenters. The van der Waals surface area contributed by atoms with Crippen LogP contribution < -0.4 is 14.4 Å². The summed E-state index contributed by atoms with van der Waals surface area (Å²) in [6, 6.07) is 16.7. The molecule has 2 aromatic rings. The molecule has 0 bridgehead atoms. The van der Waals surface area contributed by atoms with E-state index in [9.17, 15) is 0 Å². The van der Waals surface area contributed by atoms with Crippen LogP contribution in [0.1, 0.15) is 6.92 Å². The van der Waals surface area contributed by atoms with E-state index >= 15 is 0 Å². The molecule has 0 aliphatic carbocycles. The quantitative estimate of drug-likeness (QED) is 0.761. The molecule has 0 fully saturated rings. The second-order valence-corrected chi connectivity index (χ2v) is 4.75. The van der Waals surface area contributed by atoms with E-state index in [0.29, 0.717) is 0 Å². The normalized spacial score (nSPS) is 18.1. The van der Waals surface area contributed by atoms with Gasteiger partial charge >= 0.3 is 0 Å². The first-order valence-corrected chi connectivity index (χ1v) is 6.52. The van der Waals surface area contributed by atoms with E-state index in [2.05, 4.69) is 83.3 Å². The molecule has 2 heterocycles. The lowest BCUT2D eigenvalue weighted by Gasteiger charge is -2.24. The largest absolute Gasteiger partial charge is 0.305 e. The summed E-state index contributed by atoms with van der Waals surface area (Å²) in [7, 11) is 2.07. The highest BCUT2D eigenvalue weighted by molar-refractivity contribution is 5.57. The molecule has 1 unspecified atom stereocenters. The Balaban J connectivity index is 1.90. The summed E-state index contributed by atoms with van der Waals surface area (Å²) in [6.07, 6.45) is 6.61. The van der Waals surface area contributed by atoms with Gasteiger partial charge in [0.15, 0.2) is 6.17 Å². The SMILES string of the molecule is CC1N(c2ccccc2)C=CN1c1cccc[n+]1C. The first kappa shape index (κ1) is 11.8. The van der Waals surface area contributed by atoms with Crippen LogP contribution >= 0.6 is 0 Å². The van der Waals surface area contributed by atoms with Gasteiger partial charge < -0.3 is 4.90 Å². The summed E-state index contributed by atoms with van der Waals surface area (Å²) in [6.45, 7) is 2.21. The van der Waals surface area contributed by atoms with Crippen molar-refractivity contribution in [1.82, 2.24) is 0 Å². The van der Waals surface area contributed by atoms with Crippen molar-refractivity contribution in [1.29, 1.82) is 0 Å². The van der Waals surface area contributed by atoms with E-state index in [1.807, 2.05) is 12.1 Å². The second kappa shape index (κ2) is 4.76. The molecule has 0 N–H and O–H groups in total. The number of nitrogens with zero attached hydrogens (tertiary/aromatic N) is 3. The predicted molar refractivity (Wildman–Crippen MR) is 77.6 cm³/mol. The Bertz CT molecular complexity index is 592. The fourth-order valence-corrected chi connectivity index (χ4v) is 2.48. The number of hydrogen-bond donors (Lipinski definition) is 0. The molecule has 96 valence electrons. The molecular weight excluding hydrogens is 234 g/mol. The highest BCUT2D eigenvalue weighted by Crippen LogP contribution is 2.26. The maximum atomic E-state index is 2.27. The molecule has 1 aliphatic heterocycles. The number of benzene rings is 1. The van der Waals surface area contributed by atoms with Crippen molar-refractivity contribution < 1.29 is 4.57 Å². The van der Waals surface area contributed by atoms with Crippen molar-refractivity contribution in [2.24, 2.45) is 7.05 Å². The zero-order valence-corrected chi connectivity index (χ0v) is 11.3. The molecule has 1 aromatic heterocycles. The van der Waals surface area contributed by atoms with Gasteiger partial charge in [-0.15, -0.1) is 0 Å². The summed E-state index contributed by atoms with van der Waals surface area (Å²) in [5, 5.41) is 0. The molecule has 0 amide bonds. The fraction of sp³-hybridized carbons (Fsp3) is 0.188. The minimum atomic E-state index is 0.274. The topological polar surface area (TPSA) is 10.4 Å². The van der Waals surface area contributed by atoms with Crippen LogP contribution in [-0.4, -0.2) is 6.17 Å². The van der Waals surface area contributed by atoms with Crippen LogP contribution in [-0.2, 0) is 7.05 Å². The molecule has 3 rings (SSSR count). The third kappa shape index (κ3) is 2.08. The van der Waals surface area contributed by atoms with E-state index in [1.165, 1.54) is 11.5 Å². The molecular formula is C16H18N3+. The van der Waals surface area contributed by atoms with Crippen LogP contribution in [0.4, 0.5) is 11.5 Å². The number of para-hydroxylation sites is 1. The van der Waals surface area contributed by atoms with Crippen molar-refractivity contribution >= 4 is 11.5 Å². The average molecular weight is 252 g/mol. The maximum Gasteiger partial charge on any atom is 0.282 e. The van der Waals surface area contributed by atoms with Crippen LogP contribution in [0.15, 0.2) is 67.1 Å². The third-order valence-electron chi connectivity index (χ3n) is 3.54. The third-order valence-corrected chi connectivity index (χ3v) is 3.54. The Labute approximate surface area is 114 Å². The highest BCUT2D eigenvalue weighted by Gasteiger charge is 2.31. The number of rotatable bonds is 2. The molecule has 19 heavy (non-hydrogen) atoms. The van der Waals surface area contributed by atoms with Crippen molar-refractivity contribution in [3.05, 3.63) is 67.1 Å². The highest BCUT2D eigenvalue weighted by atomic mass is 15.4. The average Bonchev–Trinajstić information content (AvgIpc) is 2.82. The molecule has 0 radical (unpaired) electrons. The molecule has 1 aromatic carbocycles. The van der Waals surface area contributed by atoms with Crippen molar-refractivity contribution in [3.8, 4) is 0 Å². The lowest BCUT2D eigenvalue weighted by atomic mass is 10.3. The van der Waals surface area contributed by atoms with Crippen LogP contribution in [0.5, 0.6) is 0 Å². The molecule has 0 saturated heterocycles. The Morgan fingerprint density at radius 3 is 2.32 bits per heavy atom. The molecule has 0 spiro atoms.